The average Bonchev–Trinajstić information content (AvgIpc) is 2.32. The smallest absolute Gasteiger partial charge is 0.0545 e. The highest BCUT2D eigenvalue weighted by Gasteiger charge is 2.41. The molecule has 2 aliphatic carbocycles. The summed E-state index contributed by atoms with van der Waals surface area (Å²) in [6.45, 7) is 0.827. The van der Waals surface area contributed by atoms with Crippen molar-refractivity contribution in [2.45, 2.75) is 38.2 Å². The van der Waals surface area contributed by atoms with E-state index in [1.165, 1.54) is 19.3 Å². The molecule has 2 atom stereocenters. The van der Waals surface area contributed by atoms with Crippen molar-refractivity contribution in [2.24, 2.45) is 23.5 Å². The van der Waals surface area contributed by atoms with Crippen molar-refractivity contribution < 1.29 is 5.11 Å². The van der Waals surface area contributed by atoms with Crippen LogP contribution in [0.5, 0.6) is 0 Å². The first-order chi connectivity index (χ1) is 5.81. The van der Waals surface area contributed by atoms with Crippen LogP contribution < -0.4 is 5.73 Å². The zero-order valence-electron chi connectivity index (χ0n) is 7.58. The lowest BCUT2D eigenvalue weighted by molar-refractivity contribution is 0.0591. The number of fused-ring (bicyclic) bond motifs is 2. The molecule has 2 bridgehead atoms. The van der Waals surface area contributed by atoms with Crippen molar-refractivity contribution in [3.05, 3.63) is 0 Å². The molecule has 0 heterocycles. The second kappa shape index (κ2) is 3.35. The Bertz CT molecular complexity index is 146. The first kappa shape index (κ1) is 8.52. The lowest BCUT2D eigenvalue weighted by Gasteiger charge is -2.32. The van der Waals surface area contributed by atoms with Crippen molar-refractivity contribution in [1.82, 2.24) is 0 Å². The predicted octanol–water partition coefficient (Wildman–Crippen LogP) is 1.13. The molecule has 0 aromatic carbocycles. The minimum Gasteiger partial charge on any atom is -0.393 e. The van der Waals surface area contributed by atoms with Crippen molar-refractivity contribution in [2.75, 3.05) is 6.54 Å². The first-order valence-electron chi connectivity index (χ1n) is 5.19. The molecule has 0 aromatic rings. The Morgan fingerprint density at radius 2 is 1.75 bits per heavy atom. The fraction of sp³-hybridized carbons (Fsp3) is 1.00. The maximum atomic E-state index is 9.54. The van der Waals surface area contributed by atoms with Crippen LogP contribution in [-0.2, 0) is 0 Å². The van der Waals surface area contributed by atoms with Crippen LogP contribution in [-0.4, -0.2) is 17.8 Å². The van der Waals surface area contributed by atoms with E-state index in [9.17, 15) is 5.11 Å². The molecule has 2 rings (SSSR count). The van der Waals surface area contributed by atoms with Gasteiger partial charge in [-0.2, -0.15) is 0 Å². The fourth-order valence-electron chi connectivity index (χ4n) is 3.29. The van der Waals surface area contributed by atoms with Crippen LogP contribution >= 0.6 is 0 Å². The molecule has 0 radical (unpaired) electrons. The summed E-state index contributed by atoms with van der Waals surface area (Å²) in [6.07, 6.45) is 5.94. The monoisotopic (exact) mass is 169 g/mol. The number of hydrogen-bond acceptors (Lipinski definition) is 2. The highest BCUT2D eigenvalue weighted by atomic mass is 16.3. The standard InChI is InChI=1S/C10H19NO/c11-4-3-10-7-1-2-8(10)6-9(12)5-7/h7-10,12H,1-6,11H2. The van der Waals surface area contributed by atoms with E-state index >= 15 is 0 Å². The third kappa shape index (κ3) is 1.38. The zero-order chi connectivity index (χ0) is 8.55. The molecule has 2 saturated carbocycles. The second-order valence-corrected chi connectivity index (χ2v) is 4.46. The van der Waals surface area contributed by atoms with E-state index in [4.69, 9.17) is 5.73 Å². The largest absolute Gasteiger partial charge is 0.393 e. The maximum absolute atomic E-state index is 9.54. The molecule has 2 nitrogen and oxygen atoms in total. The van der Waals surface area contributed by atoms with Gasteiger partial charge in [-0.25, -0.2) is 0 Å². The van der Waals surface area contributed by atoms with Crippen LogP contribution in [0.15, 0.2) is 0 Å². The van der Waals surface area contributed by atoms with Crippen molar-refractivity contribution in [1.29, 1.82) is 0 Å². The van der Waals surface area contributed by atoms with Crippen LogP contribution in [0.25, 0.3) is 0 Å². The van der Waals surface area contributed by atoms with Crippen LogP contribution in [0.2, 0.25) is 0 Å². The Morgan fingerprint density at radius 3 is 2.25 bits per heavy atom. The van der Waals surface area contributed by atoms with E-state index in [2.05, 4.69) is 0 Å². The molecule has 2 unspecified atom stereocenters. The number of rotatable bonds is 2. The van der Waals surface area contributed by atoms with Gasteiger partial charge in [0.25, 0.3) is 0 Å². The first-order valence-corrected chi connectivity index (χ1v) is 5.19. The summed E-state index contributed by atoms with van der Waals surface area (Å²) in [6, 6.07) is 0. The van der Waals surface area contributed by atoms with Gasteiger partial charge in [-0.15, -0.1) is 0 Å². The van der Waals surface area contributed by atoms with Gasteiger partial charge >= 0.3 is 0 Å². The molecule has 0 spiro atoms. The lowest BCUT2D eigenvalue weighted by atomic mass is 9.75. The van der Waals surface area contributed by atoms with Gasteiger partial charge in [0.05, 0.1) is 6.10 Å². The van der Waals surface area contributed by atoms with E-state index in [0.29, 0.717) is 0 Å². The summed E-state index contributed by atoms with van der Waals surface area (Å²) in [5.74, 6) is 2.43. The Labute approximate surface area is 74.1 Å². The summed E-state index contributed by atoms with van der Waals surface area (Å²) in [7, 11) is 0. The molecule has 2 fully saturated rings. The number of hydrogen-bond donors (Lipinski definition) is 2. The van der Waals surface area contributed by atoms with Crippen LogP contribution in [0, 0.1) is 17.8 Å². The molecule has 0 saturated heterocycles. The van der Waals surface area contributed by atoms with Gasteiger partial charge in [-0.3, -0.25) is 0 Å². The summed E-state index contributed by atoms with van der Waals surface area (Å²) in [5.41, 5.74) is 5.58. The quantitative estimate of drug-likeness (QED) is 0.651. The number of aliphatic hydroxyl groups is 1. The molecule has 12 heavy (non-hydrogen) atoms. The van der Waals surface area contributed by atoms with Gasteiger partial charge < -0.3 is 10.8 Å². The van der Waals surface area contributed by atoms with E-state index in [1.807, 2.05) is 0 Å². The average molecular weight is 169 g/mol. The van der Waals surface area contributed by atoms with Crippen LogP contribution in [0.3, 0.4) is 0 Å². The summed E-state index contributed by atoms with van der Waals surface area (Å²) >= 11 is 0. The van der Waals surface area contributed by atoms with Crippen LogP contribution in [0.4, 0.5) is 0 Å². The zero-order valence-corrected chi connectivity index (χ0v) is 7.58. The van der Waals surface area contributed by atoms with E-state index in [1.54, 1.807) is 0 Å². The Balaban J connectivity index is 1.99. The SMILES string of the molecule is NCCC1C2CCC1CC(O)C2. The molecule has 3 N–H and O–H groups in total. The van der Waals surface area contributed by atoms with E-state index in [0.717, 1.165) is 37.1 Å². The Morgan fingerprint density at radius 1 is 1.17 bits per heavy atom. The third-order valence-electron chi connectivity index (χ3n) is 3.77. The summed E-state index contributed by atoms with van der Waals surface area (Å²) < 4.78 is 0. The molecule has 2 heteroatoms. The minimum atomic E-state index is -0.00322. The Hall–Kier alpha value is -0.0800. The minimum absolute atomic E-state index is 0.00322. The van der Waals surface area contributed by atoms with Gasteiger partial charge in [-0.05, 0) is 56.4 Å². The highest BCUT2D eigenvalue weighted by molar-refractivity contribution is 4.92. The van der Waals surface area contributed by atoms with Crippen LogP contribution in [0.1, 0.15) is 32.1 Å². The second-order valence-electron chi connectivity index (χ2n) is 4.46. The normalized spacial score (nSPS) is 46.5. The molecular weight excluding hydrogens is 150 g/mol. The van der Waals surface area contributed by atoms with Gasteiger partial charge in [0, 0.05) is 0 Å². The van der Waals surface area contributed by atoms with Crippen molar-refractivity contribution >= 4 is 0 Å². The predicted molar refractivity (Wildman–Crippen MR) is 48.6 cm³/mol. The summed E-state index contributed by atoms with van der Waals surface area (Å²) in [5, 5.41) is 9.54. The Kier molecular flexibility index (Phi) is 2.37. The summed E-state index contributed by atoms with van der Waals surface area (Å²) in [4.78, 5) is 0. The topological polar surface area (TPSA) is 46.2 Å². The number of aliphatic hydroxyl groups excluding tert-OH is 1. The van der Waals surface area contributed by atoms with E-state index in [-0.39, 0.29) is 6.10 Å². The van der Waals surface area contributed by atoms with Gasteiger partial charge in [0.2, 0.25) is 0 Å². The molecule has 2 aliphatic rings. The third-order valence-corrected chi connectivity index (χ3v) is 3.77. The van der Waals surface area contributed by atoms with Crippen molar-refractivity contribution in [3.63, 3.8) is 0 Å². The lowest BCUT2D eigenvalue weighted by Crippen LogP contribution is -2.30. The molecular formula is C10H19NO. The van der Waals surface area contributed by atoms with Crippen molar-refractivity contribution in [3.8, 4) is 0 Å². The fourth-order valence-corrected chi connectivity index (χ4v) is 3.29. The van der Waals surface area contributed by atoms with E-state index < -0.39 is 0 Å². The highest BCUT2D eigenvalue weighted by Crippen LogP contribution is 2.48. The number of nitrogens with two attached hydrogens (primary N) is 1. The molecule has 0 aromatic heterocycles. The molecule has 0 aliphatic heterocycles. The van der Waals surface area contributed by atoms with Gasteiger partial charge in [0.15, 0.2) is 0 Å². The molecule has 70 valence electrons. The molecule has 0 amide bonds. The van der Waals surface area contributed by atoms with Gasteiger partial charge in [0.1, 0.15) is 0 Å². The maximum Gasteiger partial charge on any atom is 0.0545 e. The van der Waals surface area contributed by atoms with Gasteiger partial charge in [-0.1, -0.05) is 0 Å².